The highest BCUT2D eigenvalue weighted by Gasteiger charge is 2.30. The Kier molecular flexibility index (Phi) is 6.59. The molecule has 1 aliphatic heterocycles. The lowest BCUT2D eigenvalue weighted by atomic mass is 10.1. The highest BCUT2D eigenvalue weighted by Crippen LogP contribution is 2.41. The fraction of sp³-hybridized carbons (Fsp3) is 0.577. The number of nitrogens with zero attached hydrogens (tertiary/aromatic N) is 5. The molecule has 2 aromatic rings. The van der Waals surface area contributed by atoms with Crippen molar-refractivity contribution in [1.82, 2.24) is 14.4 Å². The highest BCUT2D eigenvalue weighted by atomic mass is 15.3. The maximum Gasteiger partial charge on any atom is 0.160 e. The Balaban J connectivity index is 1.69. The summed E-state index contributed by atoms with van der Waals surface area (Å²) >= 11 is 0. The molecule has 0 unspecified atom stereocenters. The predicted octanol–water partition coefficient (Wildman–Crippen LogP) is 6.25. The molecule has 1 saturated carbocycles. The third-order valence-electron chi connectivity index (χ3n) is 6.41. The summed E-state index contributed by atoms with van der Waals surface area (Å²) in [4.78, 5) is 17.4. The van der Waals surface area contributed by atoms with Crippen LogP contribution in [-0.4, -0.2) is 33.2 Å². The van der Waals surface area contributed by atoms with E-state index in [9.17, 15) is 0 Å². The van der Waals surface area contributed by atoms with Crippen LogP contribution in [-0.2, 0) is 6.42 Å². The van der Waals surface area contributed by atoms with Crippen LogP contribution in [0.15, 0.2) is 40.3 Å². The van der Waals surface area contributed by atoms with Crippen molar-refractivity contribution in [2.24, 2.45) is 4.99 Å². The zero-order chi connectivity index (χ0) is 22.0. The van der Waals surface area contributed by atoms with Crippen molar-refractivity contribution in [2.75, 3.05) is 18.0 Å². The van der Waals surface area contributed by atoms with E-state index in [4.69, 9.17) is 15.0 Å². The minimum atomic E-state index is 0.597. The van der Waals surface area contributed by atoms with Gasteiger partial charge in [0.1, 0.15) is 5.82 Å². The molecule has 1 saturated heterocycles. The summed E-state index contributed by atoms with van der Waals surface area (Å²) in [5.74, 6) is 1.88. The van der Waals surface area contributed by atoms with Gasteiger partial charge in [0.15, 0.2) is 5.65 Å². The van der Waals surface area contributed by atoms with Crippen molar-refractivity contribution in [3.63, 3.8) is 0 Å². The smallest absolute Gasteiger partial charge is 0.160 e. The molecule has 0 amide bonds. The van der Waals surface area contributed by atoms with Gasteiger partial charge in [0, 0.05) is 42.8 Å². The lowest BCUT2D eigenvalue weighted by Gasteiger charge is -2.19. The van der Waals surface area contributed by atoms with Gasteiger partial charge in [0.05, 0.1) is 11.4 Å². The first-order valence-electron chi connectivity index (χ1n) is 12.0. The van der Waals surface area contributed by atoms with Gasteiger partial charge in [-0.2, -0.15) is 0 Å². The maximum absolute atomic E-state index is 5.18. The van der Waals surface area contributed by atoms with E-state index in [1.807, 2.05) is 6.20 Å². The molecule has 0 radical (unpaired) electrons. The van der Waals surface area contributed by atoms with E-state index in [0.717, 1.165) is 43.7 Å². The zero-order valence-electron chi connectivity index (χ0n) is 19.9. The summed E-state index contributed by atoms with van der Waals surface area (Å²) in [5, 5.41) is 0. The fourth-order valence-corrected chi connectivity index (χ4v) is 4.58. The number of aromatic nitrogens is 3. The topological polar surface area (TPSA) is 45.8 Å². The minimum Gasteiger partial charge on any atom is -0.356 e. The number of rotatable bonds is 8. The van der Waals surface area contributed by atoms with Crippen LogP contribution in [0.25, 0.3) is 5.65 Å². The lowest BCUT2D eigenvalue weighted by Crippen LogP contribution is -2.21. The number of anilines is 1. The molecule has 2 aromatic heterocycles. The molecule has 2 aliphatic rings. The Morgan fingerprint density at radius 2 is 1.90 bits per heavy atom. The van der Waals surface area contributed by atoms with Crippen LogP contribution in [0, 0.1) is 0 Å². The Morgan fingerprint density at radius 1 is 1.16 bits per heavy atom. The minimum absolute atomic E-state index is 0.597. The molecule has 5 heteroatoms. The van der Waals surface area contributed by atoms with Crippen LogP contribution < -0.4 is 4.90 Å². The number of aliphatic imine (C=N–C) groups is 1. The molecule has 5 nitrogen and oxygen atoms in total. The van der Waals surface area contributed by atoms with Crippen molar-refractivity contribution < 1.29 is 0 Å². The van der Waals surface area contributed by atoms with Gasteiger partial charge in [-0.15, -0.1) is 0 Å². The molecule has 0 aromatic carbocycles. The maximum atomic E-state index is 5.18. The first-order valence-corrected chi connectivity index (χ1v) is 12.0. The largest absolute Gasteiger partial charge is 0.356 e. The van der Waals surface area contributed by atoms with E-state index in [1.165, 1.54) is 59.7 Å². The molecule has 31 heavy (non-hydrogen) atoms. The average Bonchev–Trinajstić information content (AvgIpc) is 3.30. The molecule has 0 N–H and O–H groups in total. The summed E-state index contributed by atoms with van der Waals surface area (Å²) in [6.07, 6.45) is 14.1. The van der Waals surface area contributed by atoms with E-state index in [1.54, 1.807) is 0 Å². The first kappa shape index (κ1) is 21.8. The summed E-state index contributed by atoms with van der Waals surface area (Å²) in [5.41, 5.74) is 8.41. The third kappa shape index (κ3) is 4.91. The lowest BCUT2D eigenvalue weighted by molar-refractivity contribution is 0.846. The van der Waals surface area contributed by atoms with Crippen molar-refractivity contribution in [2.45, 2.75) is 85.5 Å². The van der Waals surface area contributed by atoms with Gasteiger partial charge in [-0.05, 0) is 78.7 Å². The van der Waals surface area contributed by atoms with Gasteiger partial charge in [-0.3, -0.25) is 14.4 Å². The molecular formula is C26H37N5. The normalized spacial score (nSPS) is 18.0. The first-order chi connectivity index (χ1) is 15.0. The molecule has 0 spiro atoms. The number of fused-ring (bicyclic) bond motifs is 1. The predicted molar refractivity (Wildman–Crippen MR) is 130 cm³/mol. The van der Waals surface area contributed by atoms with Crippen LogP contribution >= 0.6 is 0 Å². The van der Waals surface area contributed by atoms with Gasteiger partial charge in [-0.25, -0.2) is 4.98 Å². The van der Waals surface area contributed by atoms with E-state index < -0.39 is 0 Å². The Hall–Kier alpha value is -2.43. The number of hydrogen-bond donors (Lipinski definition) is 0. The number of hydrogen-bond acceptors (Lipinski definition) is 4. The van der Waals surface area contributed by atoms with Crippen LogP contribution in [0.5, 0.6) is 0 Å². The summed E-state index contributed by atoms with van der Waals surface area (Å²) in [6, 6.07) is 0. The summed E-state index contributed by atoms with van der Waals surface area (Å²) in [7, 11) is 0. The quantitative estimate of drug-likeness (QED) is 0.475. The second-order valence-corrected chi connectivity index (χ2v) is 9.41. The Bertz CT molecular complexity index is 1030. The van der Waals surface area contributed by atoms with Crippen LogP contribution in [0.1, 0.15) is 90.4 Å². The van der Waals surface area contributed by atoms with Crippen LogP contribution in [0.4, 0.5) is 5.82 Å². The standard InChI is InChI=1S/C26H37N5/c1-6-19(4)22(28-20(5)17-18(2)3)11-12-23-26(30-14-7-8-15-30)31-16-13-27-24(21-9-10-21)25(31)29-23/h13,16-17,21H,6-12,14-15H2,1-5H3/b22-19-,28-20?. The molecular weight excluding hydrogens is 382 g/mol. The summed E-state index contributed by atoms with van der Waals surface area (Å²) in [6.45, 7) is 13.0. The van der Waals surface area contributed by atoms with Crippen LogP contribution in [0.2, 0.25) is 0 Å². The Labute approximate surface area is 187 Å². The average molecular weight is 420 g/mol. The van der Waals surface area contributed by atoms with Crippen LogP contribution in [0.3, 0.4) is 0 Å². The molecule has 2 fully saturated rings. The molecule has 166 valence electrons. The highest BCUT2D eigenvalue weighted by molar-refractivity contribution is 5.94. The third-order valence-corrected chi connectivity index (χ3v) is 6.41. The second-order valence-electron chi connectivity index (χ2n) is 9.41. The van der Waals surface area contributed by atoms with E-state index in [-0.39, 0.29) is 0 Å². The fourth-order valence-electron chi connectivity index (χ4n) is 4.58. The van der Waals surface area contributed by atoms with Crippen molar-refractivity contribution in [1.29, 1.82) is 0 Å². The Morgan fingerprint density at radius 3 is 2.55 bits per heavy atom. The van der Waals surface area contributed by atoms with Gasteiger partial charge in [0.25, 0.3) is 0 Å². The SMILES string of the molecule is CC/C(C)=C(/CCc1nc2c(C3CC3)nccn2c1N1CCCC1)N=C(C)C=C(C)C. The number of allylic oxidation sites excluding steroid dienone is 4. The number of aryl methyl sites for hydroxylation is 1. The number of imidazole rings is 1. The van der Waals surface area contributed by atoms with Crippen molar-refractivity contribution in [3.05, 3.63) is 46.7 Å². The molecule has 1 aliphatic carbocycles. The van der Waals surface area contributed by atoms with Crippen molar-refractivity contribution in [3.8, 4) is 0 Å². The van der Waals surface area contributed by atoms with E-state index in [0.29, 0.717) is 5.92 Å². The van der Waals surface area contributed by atoms with Crippen molar-refractivity contribution >= 4 is 17.2 Å². The van der Waals surface area contributed by atoms with Gasteiger partial charge in [0.2, 0.25) is 0 Å². The molecule has 0 atom stereocenters. The van der Waals surface area contributed by atoms with E-state index in [2.05, 4.69) is 56.2 Å². The molecule has 3 heterocycles. The van der Waals surface area contributed by atoms with Gasteiger partial charge < -0.3 is 4.90 Å². The van der Waals surface area contributed by atoms with E-state index >= 15 is 0 Å². The van der Waals surface area contributed by atoms with Gasteiger partial charge >= 0.3 is 0 Å². The molecule has 0 bridgehead atoms. The molecule has 4 rings (SSSR count). The monoisotopic (exact) mass is 419 g/mol. The zero-order valence-corrected chi connectivity index (χ0v) is 19.9. The summed E-state index contributed by atoms with van der Waals surface area (Å²) < 4.78 is 2.31. The van der Waals surface area contributed by atoms with Gasteiger partial charge in [-0.1, -0.05) is 18.1 Å². The second kappa shape index (κ2) is 9.37.